The van der Waals surface area contributed by atoms with Crippen molar-refractivity contribution in [1.29, 1.82) is 0 Å². The second-order valence-electron chi connectivity index (χ2n) is 3.83. The molecule has 0 aromatic heterocycles. The van der Waals surface area contributed by atoms with Crippen LogP contribution in [0.1, 0.15) is 0 Å². The first-order valence-electron chi connectivity index (χ1n) is 5.82. The third-order valence-corrected chi connectivity index (χ3v) is 2.56. The van der Waals surface area contributed by atoms with E-state index >= 15 is 0 Å². The summed E-state index contributed by atoms with van der Waals surface area (Å²) in [5.41, 5.74) is 0.562. The van der Waals surface area contributed by atoms with Crippen LogP contribution < -0.4 is 5.32 Å². The molecule has 1 aromatic rings. The molecule has 1 aliphatic heterocycles. The SMILES string of the molecule is O=C(COC(=O)C1=COCCO1)Nc1ccc(Cl)cc1. The Hall–Kier alpha value is -2.21. The van der Waals surface area contributed by atoms with E-state index in [1.807, 2.05) is 0 Å². The molecular formula is C13H12ClNO5. The Bertz CT molecular complexity index is 526. The van der Waals surface area contributed by atoms with E-state index in [9.17, 15) is 9.59 Å². The highest BCUT2D eigenvalue weighted by atomic mass is 35.5. The van der Waals surface area contributed by atoms with Gasteiger partial charge in [0.15, 0.2) is 6.61 Å². The topological polar surface area (TPSA) is 73.9 Å². The van der Waals surface area contributed by atoms with Gasteiger partial charge in [0.1, 0.15) is 19.5 Å². The van der Waals surface area contributed by atoms with Gasteiger partial charge in [0.2, 0.25) is 5.76 Å². The van der Waals surface area contributed by atoms with E-state index in [1.165, 1.54) is 6.26 Å². The lowest BCUT2D eigenvalue weighted by molar-refractivity contribution is -0.148. The Kier molecular flexibility index (Phi) is 4.84. The van der Waals surface area contributed by atoms with E-state index in [-0.39, 0.29) is 12.4 Å². The molecule has 1 amide bonds. The van der Waals surface area contributed by atoms with E-state index < -0.39 is 18.5 Å². The van der Waals surface area contributed by atoms with E-state index in [0.29, 0.717) is 17.3 Å². The first-order valence-corrected chi connectivity index (χ1v) is 6.20. The molecule has 0 spiro atoms. The number of carbonyl (C=O) groups is 2. The highest BCUT2D eigenvalue weighted by molar-refractivity contribution is 6.30. The Morgan fingerprint density at radius 3 is 2.65 bits per heavy atom. The van der Waals surface area contributed by atoms with Crippen molar-refractivity contribution in [1.82, 2.24) is 0 Å². The van der Waals surface area contributed by atoms with E-state index in [2.05, 4.69) is 5.32 Å². The Morgan fingerprint density at radius 2 is 2.00 bits per heavy atom. The number of esters is 1. The minimum absolute atomic E-state index is 0.0458. The van der Waals surface area contributed by atoms with E-state index in [0.717, 1.165) is 0 Å². The fourth-order valence-corrected chi connectivity index (χ4v) is 1.53. The molecule has 0 bridgehead atoms. The van der Waals surface area contributed by atoms with Crippen LogP contribution in [0.5, 0.6) is 0 Å². The van der Waals surface area contributed by atoms with E-state index in [1.54, 1.807) is 24.3 Å². The summed E-state index contributed by atoms with van der Waals surface area (Å²) in [7, 11) is 0. The number of carbonyl (C=O) groups excluding carboxylic acids is 2. The minimum Gasteiger partial charge on any atom is -0.493 e. The third kappa shape index (κ3) is 4.17. The number of benzene rings is 1. The molecule has 6 nitrogen and oxygen atoms in total. The number of hydrogen-bond donors (Lipinski definition) is 1. The number of anilines is 1. The molecule has 0 saturated heterocycles. The van der Waals surface area contributed by atoms with Crippen molar-refractivity contribution in [2.24, 2.45) is 0 Å². The van der Waals surface area contributed by atoms with Crippen molar-refractivity contribution in [2.75, 3.05) is 25.1 Å². The molecule has 0 atom stereocenters. The van der Waals surface area contributed by atoms with Gasteiger partial charge in [-0.3, -0.25) is 4.79 Å². The molecule has 1 heterocycles. The van der Waals surface area contributed by atoms with Gasteiger partial charge >= 0.3 is 5.97 Å². The summed E-state index contributed by atoms with van der Waals surface area (Å²) in [6.07, 6.45) is 1.17. The average Bonchev–Trinajstić information content (AvgIpc) is 2.48. The fraction of sp³-hybridized carbons (Fsp3) is 0.231. The van der Waals surface area contributed by atoms with Gasteiger partial charge in [-0.15, -0.1) is 0 Å². The molecule has 0 unspecified atom stereocenters. The van der Waals surface area contributed by atoms with Crippen molar-refractivity contribution in [2.45, 2.75) is 0 Å². The molecule has 1 aromatic carbocycles. The molecule has 1 N–H and O–H groups in total. The molecule has 0 radical (unpaired) electrons. The Labute approximate surface area is 120 Å². The molecule has 0 fully saturated rings. The summed E-state index contributed by atoms with van der Waals surface area (Å²) in [6, 6.07) is 6.56. The Morgan fingerprint density at radius 1 is 1.25 bits per heavy atom. The zero-order chi connectivity index (χ0) is 14.4. The van der Waals surface area contributed by atoms with Crippen molar-refractivity contribution in [3.05, 3.63) is 41.3 Å². The molecule has 7 heteroatoms. The normalized spacial score (nSPS) is 13.6. The number of ether oxygens (including phenoxy) is 3. The molecule has 106 valence electrons. The van der Waals surface area contributed by atoms with Crippen LogP contribution in [-0.4, -0.2) is 31.7 Å². The summed E-state index contributed by atoms with van der Waals surface area (Å²) in [4.78, 5) is 23.1. The molecule has 1 aliphatic rings. The first kappa shape index (κ1) is 14.2. The summed E-state index contributed by atoms with van der Waals surface area (Å²) in [5, 5.41) is 3.13. The number of hydrogen-bond acceptors (Lipinski definition) is 5. The monoisotopic (exact) mass is 297 g/mol. The second-order valence-corrected chi connectivity index (χ2v) is 4.27. The number of rotatable bonds is 4. The fourth-order valence-electron chi connectivity index (χ4n) is 1.41. The number of nitrogens with one attached hydrogen (secondary N) is 1. The van der Waals surface area contributed by atoms with Crippen LogP contribution in [0.4, 0.5) is 5.69 Å². The van der Waals surface area contributed by atoms with Gasteiger partial charge < -0.3 is 19.5 Å². The van der Waals surface area contributed by atoms with Crippen LogP contribution in [0.15, 0.2) is 36.3 Å². The highest BCUT2D eigenvalue weighted by Crippen LogP contribution is 2.13. The summed E-state index contributed by atoms with van der Waals surface area (Å²) in [6.45, 7) is 0.244. The van der Waals surface area contributed by atoms with Crippen LogP contribution in [0.2, 0.25) is 5.02 Å². The van der Waals surface area contributed by atoms with E-state index in [4.69, 9.17) is 25.8 Å². The van der Waals surface area contributed by atoms with Crippen LogP contribution in [-0.2, 0) is 23.8 Å². The largest absolute Gasteiger partial charge is 0.493 e. The van der Waals surface area contributed by atoms with Gasteiger partial charge in [0.05, 0.1) is 0 Å². The van der Waals surface area contributed by atoms with Crippen LogP contribution in [0.3, 0.4) is 0 Å². The first-order chi connectivity index (χ1) is 9.65. The standard InChI is InChI=1S/C13H12ClNO5/c14-9-1-3-10(4-2-9)15-12(16)8-20-13(17)11-7-18-5-6-19-11/h1-4,7H,5-6,8H2,(H,15,16). The maximum atomic E-state index is 11.6. The quantitative estimate of drug-likeness (QED) is 0.856. The van der Waals surface area contributed by atoms with Gasteiger partial charge in [-0.25, -0.2) is 4.79 Å². The lowest BCUT2D eigenvalue weighted by Gasteiger charge is -2.14. The van der Waals surface area contributed by atoms with Crippen molar-refractivity contribution in [3.63, 3.8) is 0 Å². The van der Waals surface area contributed by atoms with Crippen molar-refractivity contribution < 1.29 is 23.8 Å². The summed E-state index contributed by atoms with van der Waals surface area (Å²) in [5.74, 6) is -1.25. The van der Waals surface area contributed by atoms with Gasteiger partial charge in [-0.05, 0) is 24.3 Å². The van der Waals surface area contributed by atoms with Crippen molar-refractivity contribution >= 4 is 29.2 Å². The summed E-state index contributed by atoms with van der Waals surface area (Å²) >= 11 is 5.72. The minimum atomic E-state index is -0.740. The lowest BCUT2D eigenvalue weighted by atomic mass is 10.3. The zero-order valence-electron chi connectivity index (χ0n) is 10.4. The highest BCUT2D eigenvalue weighted by Gasteiger charge is 2.17. The van der Waals surface area contributed by atoms with Crippen LogP contribution in [0, 0.1) is 0 Å². The molecule has 0 aliphatic carbocycles. The van der Waals surface area contributed by atoms with Gasteiger partial charge in [-0.1, -0.05) is 11.6 Å². The van der Waals surface area contributed by atoms with Crippen LogP contribution >= 0.6 is 11.6 Å². The molecular weight excluding hydrogens is 286 g/mol. The predicted octanol–water partition coefficient (Wildman–Crippen LogP) is 1.71. The van der Waals surface area contributed by atoms with Gasteiger partial charge in [0, 0.05) is 10.7 Å². The number of amides is 1. The van der Waals surface area contributed by atoms with Crippen LogP contribution in [0.25, 0.3) is 0 Å². The second kappa shape index (κ2) is 6.81. The predicted molar refractivity (Wildman–Crippen MR) is 71.0 cm³/mol. The smallest absolute Gasteiger partial charge is 0.377 e. The summed E-state index contributed by atoms with van der Waals surface area (Å²) < 4.78 is 14.7. The Balaban J connectivity index is 1.78. The number of halogens is 1. The van der Waals surface area contributed by atoms with Gasteiger partial charge in [0.25, 0.3) is 5.91 Å². The maximum Gasteiger partial charge on any atom is 0.377 e. The average molecular weight is 298 g/mol. The lowest BCUT2D eigenvalue weighted by Crippen LogP contribution is -2.23. The van der Waals surface area contributed by atoms with Gasteiger partial charge in [-0.2, -0.15) is 0 Å². The van der Waals surface area contributed by atoms with Crippen molar-refractivity contribution in [3.8, 4) is 0 Å². The molecule has 2 rings (SSSR count). The zero-order valence-corrected chi connectivity index (χ0v) is 11.2. The molecule has 0 saturated carbocycles. The maximum absolute atomic E-state index is 11.6. The molecule has 20 heavy (non-hydrogen) atoms. The third-order valence-electron chi connectivity index (χ3n) is 2.31.